The zero-order valence-electron chi connectivity index (χ0n) is 12.8. The summed E-state index contributed by atoms with van der Waals surface area (Å²) in [7, 11) is 1.68. The Balaban J connectivity index is 1.52. The molecular weight excluding hydrogens is 278 g/mol. The fourth-order valence-corrected chi connectivity index (χ4v) is 2.96. The van der Waals surface area contributed by atoms with Gasteiger partial charge in [-0.1, -0.05) is 12.1 Å². The third kappa shape index (κ3) is 3.47. The van der Waals surface area contributed by atoms with Gasteiger partial charge in [-0.05, 0) is 36.5 Å². The van der Waals surface area contributed by atoms with E-state index in [4.69, 9.17) is 4.74 Å². The molecule has 5 heteroatoms. The van der Waals surface area contributed by atoms with E-state index >= 15 is 0 Å². The van der Waals surface area contributed by atoms with Crippen molar-refractivity contribution in [3.05, 3.63) is 48.5 Å². The second kappa shape index (κ2) is 6.64. The summed E-state index contributed by atoms with van der Waals surface area (Å²) < 4.78 is 7.00. The van der Waals surface area contributed by atoms with Gasteiger partial charge in [0.15, 0.2) is 0 Å². The normalized spacial score (nSPS) is 17.7. The zero-order chi connectivity index (χ0) is 15.4. The lowest BCUT2D eigenvalue weighted by Crippen LogP contribution is -2.31. The number of benzene rings is 1. The summed E-state index contributed by atoms with van der Waals surface area (Å²) in [6, 6.07) is 8.20. The van der Waals surface area contributed by atoms with Crippen LogP contribution >= 0.6 is 0 Å². The minimum Gasteiger partial charge on any atom is -0.497 e. The van der Waals surface area contributed by atoms with E-state index in [0.717, 1.165) is 31.7 Å². The Labute approximate surface area is 130 Å². The summed E-state index contributed by atoms with van der Waals surface area (Å²) in [6.45, 7) is 2.09. The fourth-order valence-electron chi connectivity index (χ4n) is 2.96. The largest absolute Gasteiger partial charge is 0.497 e. The quantitative estimate of drug-likeness (QED) is 0.848. The molecule has 3 rings (SSSR count). The third-order valence-electron chi connectivity index (χ3n) is 4.20. The molecule has 1 saturated heterocycles. The lowest BCUT2D eigenvalue weighted by molar-refractivity contribution is -0.130. The van der Waals surface area contributed by atoms with Crippen LogP contribution in [0.5, 0.6) is 5.75 Å². The number of imidazole rings is 1. The van der Waals surface area contributed by atoms with E-state index in [0.29, 0.717) is 12.5 Å². The number of ether oxygens (including phenoxy) is 1. The molecule has 116 valence electrons. The Bertz CT molecular complexity index is 607. The molecule has 5 nitrogen and oxygen atoms in total. The summed E-state index contributed by atoms with van der Waals surface area (Å²) in [5, 5.41) is 0. The Hall–Kier alpha value is -2.30. The molecule has 2 heterocycles. The highest BCUT2D eigenvalue weighted by Gasteiger charge is 2.26. The second-order valence-electron chi connectivity index (χ2n) is 5.78. The number of rotatable bonds is 5. The molecule has 1 atom stereocenters. The minimum absolute atomic E-state index is 0.176. The van der Waals surface area contributed by atoms with Crippen LogP contribution in [0, 0.1) is 5.92 Å². The van der Waals surface area contributed by atoms with Crippen LogP contribution in [0.4, 0.5) is 0 Å². The summed E-state index contributed by atoms with van der Waals surface area (Å²) in [4.78, 5) is 18.2. The monoisotopic (exact) mass is 299 g/mol. The number of carbonyl (C=O) groups excluding carboxylic acids is 1. The van der Waals surface area contributed by atoms with Gasteiger partial charge in [0.05, 0.1) is 13.4 Å². The Morgan fingerprint density at radius 2 is 2.18 bits per heavy atom. The topological polar surface area (TPSA) is 47.4 Å². The average molecular weight is 299 g/mol. The van der Waals surface area contributed by atoms with Crippen molar-refractivity contribution in [1.29, 1.82) is 0 Å². The molecule has 0 radical (unpaired) electrons. The van der Waals surface area contributed by atoms with Gasteiger partial charge in [0.1, 0.15) is 12.3 Å². The number of aromatic nitrogens is 2. The van der Waals surface area contributed by atoms with Gasteiger partial charge in [-0.3, -0.25) is 4.79 Å². The first-order chi connectivity index (χ1) is 10.7. The highest BCUT2D eigenvalue weighted by Crippen LogP contribution is 2.22. The molecule has 1 unspecified atom stereocenters. The number of hydrogen-bond acceptors (Lipinski definition) is 3. The molecule has 0 N–H and O–H groups in total. The first kappa shape index (κ1) is 14.6. The van der Waals surface area contributed by atoms with E-state index in [9.17, 15) is 4.79 Å². The second-order valence-corrected chi connectivity index (χ2v) is 5.78. The highest BCUT2D eigenvalue weighted by molar-refractivity contribution is 5.76. The fraction of sp³-hybridized carbons (Fsp3) is 0.412. The molecule has 1 amide bonds. The van der Waals surface area contributed by atoms with E-state index in [1.807, 2.05) is 27.8 Å². The number of nitrogens with zero attached hydrogens (tertiary/aromatic N) is 3. The van der Waals surface area contributed by atoms with E-state index in [1.54, 1.807) is 19.6 Å². The predicted octanol–water partition coefficient (Wildman–Crippen LogP) is 1.98. The number of hydrogen-bond donors (Lipinski definition) is 0. The van der Waals surface area contributed by atoms with Gasteiger partial charge in [0, 0.05) is 25.5 Å². The standard InChI is InChI=1S/C17H21N3O2/c1-22-16-4-2-14(3-5-16)10-15-6-8-20(11-15)17(21)12-19-9-7-18-13-19/h2-5,7,9,13,15H,6,8,10-12H2,1H3. The lowest BCUT2D eigenvalue weighted by Gasteiger charge is -2.17. The molecule has 0 bridgehead atoms. The van der Waals surface area contributed by atoms with Crippen molar-refractivity contribution < 1.29 is 9.53 Å². The summed E-state index contributed by atoms with van der Waals surface area (Å²) in [6.07, 6.45) is 7.29. The number of carbonyl (C=O) groups is 1. The number of methoxy groups -OCH3 is 1. The van der Waals surface area contributed by atoms with Crippen LogP contribution in [0.15, 0.2) is 43.0 Å². The van der Waals surface area contributed by atoms with Crippen molar-refractivity contribution in [2.75, 3.05) is 20.2 Å². The maximum absolute atomic E-state index is 12.3. The summed E-state index contributed by atoms with van der Waals surface area (Å²) >= 11 is 0. The van der Waals surface area contributed by atoms with Crippen LogP contribution in [-0.2, 0) is 17.8 Å². The molecule has 1 aromatic carbocycles. The molecule has 1 aliphatic rings. The zero-order valence-corrected chi connectivity index (χ0v) is 12.8. The predicted molar refractivity (Wildman–Crippen MR) is 83.6 cm³/mol. The van der Waals surface area contributed by atoms with Crippen molar-refractivity contribution >= 4 is 5.91 Å². The first-order valence-electron chi connectivity index (χ1n) is 7.61. The third-order valence-corrected chi connectivity index (χ3v) is 4.20. The van der Waals surface area contributed by atoms with E-state index in [2.05, 4.69) is 17.1 Å². The molecule has 22 heavy (non-hydrogen) atoms. The Morgan fingerprint density at radius 3 is 2.86 bits per heavy atom. The summed E-state index contributed by atoms with van der Waals surface area (Å²) in [5.74, 6) is 1.60. The maximum atomic E-state index is 12.3. The van der Waals surface area contributed by atoms with Gasteiger partial charge < -0.3 is 14.2 Å². The van der Waals surface area contributed by atoms with Crippen molar-refractivity contribution in [3.8, 4) is 5.75 Å². The number of likely N-dealkylation sites (tertiary alicyclic amines) is 1. The van der Waals surface area contributed by atoms with Crippen molar-refractivity contribution in [1.82, 2.24) is 14.5 Å². The van der Waals surface area contributed by atoms with Gasteiger partial charge in [0.2, 0.25) is 5.91 Å². The van der Waals surface area contributed by atoms with Gasteiger partial charge in [-0.2, -0.15) is 0 Å². The lowest BCUT2D eigenvalue weighted by atomic mass is 9.99. The van der Waals surface area contributed by atoms with Crippen LogP contribution in [-0.4, -0.2) is 40.6 Å². The maximum Gasteiger partial charge on any atom is 0.242 e. The van der Waals surface area contributed by atoms with Crippen molar-refractivity contribution in [2.45, 2.75) is 19.4 Å². The number of amides is 1. The van der Waals surface area contributed by atoms with Crippen LogP contribution in [0.25, 0.3) is 0 Å². The smallest absolute Gasteiger partial charge is 0.242 e. The molecule has 0 aliphatic carbocycles. The van der Waals surface area contributed by atoms with Gasteiger partial charge in [-0.15, -0.1) is 0 Å². The van der Waals surface area contributed by atoms with Crippen LogP contribution in [0.1, 0.15) is 12.0 Å². The van der Waals surface area contributed by atoms with Crippen LogP contribution in [0.2, 0.25) is 0 Å². The molecule has 1 aromatic heterocycles. The van der Waals surface area contributed by atoms with Crippen molar-refractivity contribution in [2.24, 2.45) is 5.92 Å². The van der Waals surface area contributed by atoms with Gasteiger partial charge in [-0.25, -0.2) is 4.98 Å². The Morgan fingerprint density at radius 1 is 1.36 bits per heavy atom. The van der Waals surface area contributed by atoms with Crippen LogP contribution < -0.4 is 4.74 Å². The van der Waals surface area contributed by atoms with E-state index in [-0.39, 0.29) is 5.91 Å². The first-order valence-corrected chi connectivity index (χ1v) is 7.61. The Kier molecular flexibility index (Phi) is 4.42. The molecule has 2 aromatic rings. The average Bonchev–Trinajstić information content (AvgIpc) is 3.20. The molecule has 1 fully saturated rings. The van der Waals surface area contributed by atoms with E-state index < -0.39 is 0 Å². The van der Waals surface area contributed by atoms with Gasteiger partial charge in [0.25, 0.3) is 0 Å². The molecule has 1 aliphatic heterocycles. The van der Waals surface area contributed by atoms with E-state index in [1.165, 1.54) is 5.56 Å². The van der Waals surface area contributed by atoms with Crippen LogP contribution in [0.3, 0.4) is 0 Å². The van der Waals surface area contributed by atoms with Gasteiger partial charge >= 0.3 is 0 Å². The minimum atomic E-state index is 0.176. The molecular formula is C17H21N3O2. The SMILES string of the molecule is COc1ccc(CC2CCN(C(=O)Cn3ccnc3)C2)cc1. The molecule has 0 saturated carbocycles. The highest BCUT2D eigenvalue weighted by atomic mass is 16.5. The van der Waals surface area contributed by atoms with Crippen molar-refractivity contribution in [3.63, 3.8) is 0 Å². The summed E-state index contributed by atoms with van der Waals surface area (Å²) in [5.41, 5.74) is 1.30. The molecule has 0 spiro atoms.